The summed E-state index contributed by atoms with van der Waals surface area (Å²) in [5.41, 5.74) is 0.625. The second-order valence-corrected chi connectivity index (χ2v) is 5.13. The van der Waals surface area contributed by atoms with Crippen molar-refractivity contribution < 1.29 is 19.4 Å². The first-order chi connectivity index (χ1) is 8.81. The molecule has 2 N–H and O–H groups in total. The summed E-state index contributed by atoms with van der Waals surface area (Å²) in [5, 5.41) is 11.3. The number of rotatable bonds is 4. The van der Waals surface area contributed by atoms with Gasteiger partial charge in [0.15, 0.2) is 5.78 Å². The van der Waals surface area contributed by atoms with Crippen molar-refractivity contribution in [3.05, 3.63) is 35.4 Å². The summed E-state index contributed by atoms with van der Waals surface area (Å²) in [6, 6.07) is 6.57. The molecule has 0 aliphatic heterocycles. The molecule has 0 aromatic heterocycles. The van der Waals surface area contributed by atoms with Crippen molar-refractivity contribution in [2.24, 2.45) is 0 Å². The molecule has 0 bridgehead atoms. The van der Waals surface area contributed by atoms with Gasteiger partial charge < -0.3 is 15.2 Å². The smallest absolute Gasteiger partial charge is 0.408 e. The molecule has 0 spiro atoms. The van der Waals surface area contributed by atoms with Crippen molar-refractivity contribution in [1.29, 1.82) is 0 Å². The number of carbonyl (C=O) groups is 2. The molecule has 19 heavy (non-hydrogen) atoms. The van der Waals surface area contributed by atoms with Crippen LogP contribution in [0, 0.1) is 0 Å². The van der Waals surface area contributed by atoms with E-state index in [0.717, 1.165) is 5.56 Å². The van der Waals surface area contributed by atoms with Crippen LogP contribution in [0.1, 0.15) is 36.7 Å². The minimum atomic E-state index is -0.618. The lowest BCUT2D eigenvalue weighted by Crippen LogP contribution is -2.35. The van der Waals surface area contributed by atoms with Gasteiger partial charge in [0.1, 0.15) is 5.60 Å². The Bertz CT molecular complexity index is 446. The van der Waals surface area contributed by atoms with E-state index in [9.17, 15) is 9.59 Å². The molecule has 0 atom stereocenters. The Morgan fingerprint density at radius 3 is 2.26 bits per heavy atom. The maximum atomic E-state index is 11.8. The minimum Gasteiger partial charge on any atom is -0.444 e. The Balaban J connectivity index is 2.49. The van der Waals surface area contributed by atoms with E-state index in [0.29, 0.717) is 5.56 Å². The van der Waals surface area contributed by atoms with Gasteiger partial charge in [0.05, 0.1) is 13.2 Å². The van der Waals surface area contributed by atoms with Crippen LogP contribution < -0.4 is 5.32 Å². The van der Waals surface area contributed by atoms with Crippen LogP contribution in [-0.4, -0.2) is 29.1 Å². The van der Waals surface area contributed by atoms with E-state index < -0.39 is 11.7 Å². The summed E-state index contributed by atoms with van der Waals surface area (Å²) < 4.78 is 5.03. The average molecular weight is 265 g/mol. The lowest BCUT2D eigenvalue weighted by atomic mass is 10.1. The van der Waals surface area contributed by atoms with E-state index in [4.69, 9.17) is 9.84 Å². The molecular weight excluding hydrogens is 246 g/mol. The quantitative estimate of drug-likeness (QED) is 0.815. The third-order valence-electron chi connectivity index (χ3n) is 2.25. The van der Waals surface area contributed by atoms with Crippen molar-refractivity contribution in [3.63, 3.8) is 0 Å². The summed E-state index contributed by atoms with van der Waals surface area (Å²) in [6.07, 6.45) is -0.618. The number of nitrogens with one attached hydrogen (secondary N) is 1. The molecule has 0 aliphatic rings. The zero-order valence-electron chi connectivity index (χ0n) is 11.4. The standard InChI is InChI=1S/C14H19NO4/c1-14(2,3)19-13(18)15-8-12(17)11-6-4-10(9-16)5-7-11/h4-7,16H,8-9H2,1-3H3,(H,15,18). The number of aliphatic hydroxyl groups excluding tert-OH is 1. The van der Waals surface area contributed by atoms with Crippen molar-refractivity contribution >= 4 is 11.9 Å². The summed E-state index contributed by atoms with van der Waals surface area (Å²) in [4.78, 5) is 23.2. The van der Waals surface area contributed by atoms with Gasteiger partial charge in [-0.3, -0.25) is 4.79 Å². The number of hydrogen-bond acceptors (Lipinski definition) is 4. The summed E-state index contributed by atoms with van der Waals surface area (Å²) >= 11 is 0. The molecule has 0 radical (unpaired) electrons. The van der Waals surface area contributed by atoms with E-state index in [1.54, 1.807) is 45.0 Å². The van der Waals surface area contributed by atoms with Gasteiger partial charge in [-0.05, 0) is 26.3 Å². The van der Waals surface area contributed by atoms with Crippen molar-refractivity contribution in [3.8, 4) is 0 Å². The van der Waals surface area contributed by atoms with E-state index in [1.165, 1.54) is 0 Å². The number of aliphatic hydroxyl groups is 1. The van der Waals surface area contributed by atoms with Crippen LogP contribution in [0.3, 0.4) is 0 Å². The zero-order valence-corrected chi connectivity index (χ0v) is 11.4. The zero-order chi connectivity index (χ0) is 14.5. The van der Waals surface area contributed by atoms with Gasteiger partial charge in [-0.15, -0.1) is 0 Å². The number of ether oxygens (including phenoxy) is 1. The molecule has 0 aliphatic carbocycles. The van der Waals surface area contributed by atoms with Crippen LogP contribution >= 0.6 is 0 Å². The number of Topliss-reactive ketones (excluding diaryl/α,β-unsaturated/α-hetero) is 1. The Hall–Kier alpha value is -1.88. The van der Waals surface area contributed by atoms with E-state index in [1.807, 2.05) is 0 Å². The molecule has 0 heterocycles. The minimum absolute atomic E-state index is 0.0649. The van der Waals surface area contributed by atoms with Crippen LogP contribution in [0.5, 0.6) is 0 Å². The molecule has 5 heteroatoms. The third kappa shape index (κ3) is 5.52. The normalized spacial score (nSPS) is 10.9. The Morgan fingerprint density at radius 1 is 1.21 bits per heavy atom. The van der Waals surface area contributed by atoms with E-state index >= 15 is 0 Å². The second kappa shape index (κ2) is 6.33. The number of amides is 1. The molecular formula is C14H19NO4. The van der Waals surface area contributed by atoms with Gasteiger partial charge in [0, 0.05) is 5.56 Å². The molecule has 0 saturated heterocycles. The molecule has 104 valence electrons. The SMILES string of the molecule is CC(C)(C)OC(=O)NCC(=O)c1ccc(CO)cc1. The van der Waals surface area contributed by atoms with Crippen LogP contribution in [0.2, 0.25) is 0 Å². The maximum Gasteiger partial charge on any atom is 0.408 e. The highest BCUT2D eigenvalue weighted by molar-refractivity contribution is 5.98. The first-order valence-electron chi connectivity index (χ1n) is 6.01. The Labute approximate surface area is 112 Å². The van der Waals surface area contributed by atoms with Gasteiger partial charge in [-0.1, -0.05) is 24.3 Å². The monoisotopic (exact) mass is 265 g/mol. The van der Waals surface area contributed by atoms with Gasteiger partial charge in [0.25, 0.3) is 0 Å². The van der Waals surface area contributed by atoms with Gasteiger partial charge >= 0.3 is 6.09 Å². The third-order valence-corrected chi connectivity index (χ3v) is 2.25. The molecule has 0 fully saturated rings. The van der Waals surface area contributed by atoms with Crippen LogP contribution in [0.4, 0.5) is 4.79 Å². The lowest BCUT2D eigenvalue weighted by Gasteiger charge is -2.19. The predicted octanol–water partition coefficient (Wildman–Crippen LogP) is 1.89. The highest BCUT2D eigenvalue weighted by Crippen LogP contribution is 2.07. The van der Waals surface area contributed by atoms with Crippen LogP contribution in [0.25, 0.3) is 0 Å². The molecule has 1 amide bonds. The van der Waals surface area contributed by atoms with Crippen molar-refractivity contribution in [2.45, 2.75) is 33.0 Å². The fraction of sp³-hybridized carbons (Fsp3) is 0.429. The van der Waals surface area contributed by atoms with E-state index in [2.05, 4.69) is 5.32 Å². The Kier molecular flexibility index (Phi) is 5.06. The molecule has 5 nitrogen and oxygen atoms in total. The molecule has 0 unspecified atom stereocenters. The molecule has 0 saturated carbocycles. The van der Waals surface area contributed by atoms with E-state index in [-0.39, 0.29) is 18.9 Å². The first kappa shape index (κ1) is 15.2. The Morgan fingerprint density at radius 2 is 1.79 bits per heavy atom. The second-order valence-electron chi connectivity index (χ2n) is 5.13. The summed E-state index contributed by atoms with van der Waals surface area (Å²) in [7, 11) is 0. The van der Waals surface area contributed by atoms with Crippen molar-refractivity contribution in [2.75, 3.05) is 6.54 Å². The summed E-state index contributed by atoms with van der Waals surface area (Å²) in [6.45, 7) is 5.07. The fourth-order valence-corrected chi connectivity index (χ4v) is 1.36. The van der Waals surface area contributed by atoms with Crippen molar-refractivity contribution in [1.82, 2.24) is 5.32 Å². The van der Waals surface area contributed by atoms with Gasteiger partial charge in [0.2, 0.25) is 0 Å². The maximum absolute atomic E-state index is 11.8. The van der Waals surface area contributed by atoms with Crippen LogP contribution in [0.15, 0.2) is 24.3 Å². The number of carbonyl (C=O) groups excluding carboxylic acids is 2. The number of hydrogen-bond donors (Lipinski definition) is 2. The van der Waals surface area contributed by atoms with Gasteiger partial charge in [-0.2, -0.15) is 0 Å². The number of benzene rings is 1. The number of alkyl carbamates (subject to hydrolysis) is 1. The molecule has 1 aromatic carbocycles. The largest absolute Gasteiger partial charge is 0.444 e. The topological polar surface area (TPSA) is 75.6 Å². The average Bonchev–Trinajstić information content (AvgIpc) is 2.34. The predicted molar refractivity (Wildman–Crippen MR) is 70.9 cm³/mol. The molecule has 1 rings (SSSR count). The van der Waals surface area contributed by atoms with Crippen LogP contribution in [-0.2, 0) is 11.3 Å². The fourth-order valence-electron chi connectivity index (χ4n) is 1.36. The highest BCUT2D eigenvalue weighted by atomic mass is 16.6. The molecule has 1 aromatic rings. The first-order valence-corrected chi connectivity index (χ1v) is 6.01. The lowest BCUT2D eigenvalue weighted by molar-refractivity contribution is 0.0520. The van der Waals surface area contributed by atoms with Gasteiger partial charge in [-0.25, -0.2) is 4.79 Å². The summed E-state index contributed by atoms with van der Waals surface area (Å²) in [5.74, 6) is -0.213. The highest BCUT2D eigenvalue weighted by Gasteiger charge is 2.16. The number of ketones is 1.